The van der Waals surface area contributed by atoms with Crippen LogP contribution in [-0.2, 0) is 20.9 Å². The summed E-state index contributed by atoms with van der Waals surface area (Å²) in [6, 6.07) is 6.96. The van der Waals surface area contributed by atoms with Gasteiger partial charge in [0.25, 0.3) is 5.56 Å². The van der Waals surface area contributed by atoms with Gasteiger partial charge in [-0.05, 0) is 23.1 Å². The van der Waals surface area contributed by atoms with Crippen LogP contribution in [0.3, 0.4) is 0 Å². The van der Waals surface area contributed by atoms with Crippen LogP contribution in [0.25, 0.3) is 6.08 Å². The topological polar surface area (TPSA) is 131 Å². The fourth-order valence-electron chi connectivity index (χ4n) is 4.12. The molecular weight excluding hydrogens is 438 g/mol. The highest BCUT2D eigenvalue weighted by atomic mass is 16.5. The first-order chi connectivity index (χ1) is 16.1. The number of amides is 2. The number of anilines is 2. The Labute approximate surface area is 197 Å². The Morgan fingerprint density at radius 3 is 2.59 bits per heavy atom. The standard InChI is InChI=1S/C24H31N5O5/c1-15(2)14-29-22(25)21(23(32)26-24(29)33)28(11-12-34-4)20(31)13-19-18-8-6-5-7-17(18)9-10-27(19)16(3)30/h5-10,15,19H,11-14,25H2,1-4H3,(H,26,32,33). The smallest absolute Gasteiger partial charge is 0.330 e. The first kappa shape index (κ1) is 25.0. The zero-order valence-corrected chi connectivity index (χ0v) is 19.9. The molecule has 1 unspecified atom stereocenters. The molecule has 3 N–H and O–H groups in total. The number of nitrogens with two attached hydrogens (primary N) is 1. The van der Waals surface area contributed by atoms with Crippen molar-refractivity contribution in [3.05, 3.63) is 62.4 Å². The van der Waals surface area contributed by atoms with Crippen molar-refractivity contribution in [2.75, 3.05) is 30.9 Å². The Morgan fingerprint density at radius 1 is 1.24 bits per heavy atom. The minimum atomic E-state index is -0.751. The van der Waals surface area contributed by atoms with E-state index in [1.807, 2.05) is 44.2 Å². The van der Waals surface area contributed by atoms with Crippen molar-refractivity contribution < 1.29 is 14.3 Å². The van der Waals surface area contributed by atoms with Gasteiger partial charge in [0, 0.05) is 33.3 Å². The number of ether oxygens (including phenoxy) is 1. The average molecular weight is 470 g/mol. The van der Waals surface area contributed by atoms with E-state index in [1.54, 1.807) is 6.20 Å². The molecule has 1 aromatic heterocycles. The van der Waals surface area contributed by atoms with E-state index in [1.165, 1.54) is 28.4 Å². The van der Waals surface area contributed by atoms with E-state index in [4.69, 9.17) is 10.5 Å². The predicted molar refractivity (Wildman–Crippen MR) is 130 cm³/mol. The second-order valence-corrected chi connectivity index (χ2v) is 8.63. The molecule has 1 aromatic carbocycles. The van der Waals surface area contributed by atoms with Gasteiger partial charge in [-0.1, -0.05) is 38.1 Å². The van der Waals surface area contributed by atoms with Crippen LogP contribution in [0.2, 0.25) is 0 Å². The number of nitrogens with zero attached hydrogens (tertiary/aromatic N) is 3. The highest BCUT2D eigenvalue weighted by molar-refractivity contribution is 5.96. The lowest BCUT2D eigenvalue weighted by atomic mass is 9.93. The Hall–Kier alpha value is -3.66. The van der Waals surface area contributed by atoms with E-state index in [0.717, 1.165) is 11.1 Å². The average Bonchev–Trinajstić information content (AvgIpc) is 2.78. The SMILES string of the molecule is COCCN(C(=O)CC1c2ccccc2C=CN1C(C)=O)c1c(N)n(CC(C)C)c(=O)[nH]c1=O. The van der Waals surface area contributed by atoms with Gasteiger partial charge in [-0.2, -0.15) is 0 Å². The third-order valence-electron chi connectivity index (χ3n) is 5.69. The minimum Gasteiger partial charge on any atom is -0.383 e. The Kier molecular flexibility index (Phi) is 7.72. The number of rotatable bonds is 8. The van der Waals surface area contributed by atoms with Gasteiger partial charge in [0.05, 0.1) is 19.1 Å². The number of aromatic nitrogens is 2. The molecule has 0 fully saturated rings. The van der Waals surface area contributed by atoms with Gasteiger partial charge in [-0.15, -0.1) is 0 Å². The Balaban J connectivity index is 2.05. The Morgan fingerprint density at radius 2 is 1.94 bits per heavy atom. The summed E-state index contributed by atoms with van der Waals surface area (Å²) in [6.07, 6.45) is 3.39. The molecule has 2 heterocycles. The van der Waals surface area contributed by atoms with E-state index in [-0.39, 0.29) is 49.4 Å². The molecule has 10 heteroatoms. The molecule has 0 saturated heterocycles. The molecule has 0 saturated carbocycles. The fraction of sp³-hybridized carbons (Fsp3) is 0.417. The monoisotopic (exact) mass is 469 g/mol. The van der Waals surface area contributed by atoms with Gasteiger partial charge in [-0.3, -0.25) is 23.9 Å². The van der Waals surface area contributed by atoms with Crippen LogP contribution in [0, 0.1) is 5.92 Å². The molecule has 10 nitrogen and oxygen atoms in total. The van der Waals surface area contributed by atoms with E-state index in [9.17, 15) is 19.2 Å². The van der Waals surface area contributed by atoms with Crippen LogP contribution in [-0.4, -0.2) is 46.5 Å². The number of methoxy groups -OCH3 is 1. The zero-order chi connectivity index (χ0) is 25.0. The molecule has 2 aromatic rings. The van der Waals surface area contributed by atoms with Gasteiger partial charge in [0.2, 0.25) is 11.8 Å². The molecule has 1 aliphatic rings. The number of carbonyl (C=O) groups excluding carboxylic acids is 2. The molecular formula is C24H31N5O5. The number of nitrogen functional groups attached to an aromatic ring is 1. The van der Waals surface area contributed by atoms with Crippen LogP contribution in [0.15, 0.2) is 40.1 Å². The Bertz CT molecular complexity index is 1210. The normalized spacial score (nSPS) is 14.9. The number of nitrogens with one attached hydrogen (secondary N) is 1. The molecule has 0 aliphatic carbocycles. The highest BCUT2D eigenvalue weighted by Crippen LogP contribution is 2.34. The summed E-state index contributed by atoms with van der Waals surface area (Å²) < 4.78 is 6.42. The lowest BCUT2D eigenvalue weighted by Gasteiger charge is -2.34. The maximum atomic E-state index is 13.6. The molecule has 1 aliphatic heterocycles. The van der Waals surface area contributed by atoms with Crippen LogP contribution in [0.1, 0.15) is 44.4 Å². The highest BCUT2D eigenvalue weighted by Gasteiger charge is 2.32. The largest absolute Gasteiger partial charge is 0.383 e. The quantitative estimate of drug-likeness (QED) is 0.605. The molecule has 0 radical (unpaired) electrons. The number of fused-ring (bicyclic) bond motifs is 1. The summed E-state index contributed by atoms with van der Waals surface area (Å²) in [7, 11) is 1.48. The van der Waals surface area contributed by atoms with Crippen molar-refractivity contribution >= 4 is 29.4 Å². The van der Waals surface area contributed by atoms with Gasteiger partial charge in [0.1, 0.15) is 5.82 Å². The second kappa shape index (κ2) is 10.5. The van der Waals surface area contributed by atoms with Gasteiger partial charge in [-0.25, -0.2) is 4.79 Å². The van der Waals surface area contributed by atoms with Crippen molar-refractivity contribution in [3.63, 3.8) is 0 Å². The lowest BCUT2D eigenvalue weighted by molar-refractivity contribution is -0.129. The van der Waals surface area contributed by atoms with E-state index in [0.29, 0.717) is 0 Å². The number of benzene rings is 1. The number of aromatic amines is 1. The molecule has 34 heavy (non-hydrogen) atoms. The second-order valence-electron chi connectivity index (χ2n) is 8.63. The maximum Gasteiger partial charge on any atom is 0.330 e. The molecule has 1 atom stereocenters. The molecule has 2 amide bonds. The van der Waals surface area contributed by atoms with Crippen LogP contribution < -0.4 is 21.9 Å². The molecule has 0 spiro atoms. The van der Waals surface area contributed by atoms with E-state index in [2.05, 4.69) is 4.98 Å². The first-order valence-corrected chi connectivity index (χ1v) is 11.1. The van der Waals surface area contributed by atoms with Gasteiger partial charge < -0.3 is 20.3 Å². The van der Waals surface area contributed by atoms with Crippen molar-refractivity contribution in [3.8, 4) is 0 Å². The van der Waals surface area contributed by atoms with Crippen molar-refractivity contribution in [2.45, 2.75) is 39.8 Å². The number of hydrogen-bond donors (Lipinski definition) is 2. The molecule has 0 bridgehead atoms. The van der Waals surface area contributed by atoms with Crippen LogP contribution >= 0.6 is 0 Å². The molecule has 3 rings (SSSR count). The number of carbonyl (C=O) groups is 2. The molecule has 182 valence electrons. The van der Waals surface area contributed by atoms with Gasteiger partial charge in [0.15, 0.2) is 5.69 Å². The summed E-state index contributed by atoms with van der Waals surface area (Å²) in [4.78, 5) is 56.2. The van der Waals surface area contributed by atoms with Crippen molar-refractivity contribution in [2.24, 2.45) is 5.92 Å². The van der Waals surface area contributed by atoms with Crippen LogP contribution in [0.4, 0.5) is 11.5 Å². The van der Waals surface area contributed by atoms with Crippen molar-refractivity contribution in [1.29, 1.82) is 0 Å². The maximum absolute atomic E-state index is 13.6. The summed E-state index contributed by atoms with van der Waals surface area (Å²) in [5.41, 5.74) is 6.51. The predicted octanol–water partition coefficient (Wildman–Crippen LogP) is 1.72. The number of H-pyrrole nitrogens is 1. The minimum absolute atomic E-state index is 0.0484. The summed E-state index contributed by atoms with van der Waals surface area (Å²) in [5, 5.41) is 0. The summed E-state index contributed by atoms with van der Waals surface area (Å²) >= 11 is 0. The first-order valence-electron chi connectivity index (χ1n) is 11.1. The van der Waals surface area contributed by atoms with Gasteiger partial charge >= 0.3 is 5.69 Å². The van der Waals surface area contributed by atoms with E-state index < -0.39 is 23.2 Å². The zero-order valence-electron chi connectivity index (χ0n) is 19.9. The van der Waals surface area contributed by atoms with Crippen molar-refractivity contribution in [1.82, 2.24) is 14.5 Å². The van der Waals surface area contributed by atoms with Crippen LogP contribution in [0.5, 0.6) is 0 Å². The fourth-order valence-corrected chi connectivity index (χ4v) is 4.12. The number of hydrogen-bond acceptors (Lipinski definition) is 6. The third kappa shape index (κ3) is 5.12. The van der Waals surface area contributed by atoms with E-state index >= 15 is 0 Å². The third-order valence-corrected chi connectivity index (χ3v) is 5.69. The lowest BCUT2D eigenvalue weighted by Crippen LogP contribution is -2.44. The summed E-state index contributed by atoms with van der Waals surface area (Å²) in [5.74, 6) is -0.643. The summed E-state index contributed by atoms with van der Waals surface area (Å²) in [6.45, 7) is 5.73.